The second-order valence-electron chi connectivity index (χ2n) is 14.7. The summed E-state index contributed by atoms with van der Waals surface area (Å²) in [5, 5.41) is 18.3. The molecule has 3 atom stereocenters. The number of phosphoric acid groups is 1. The first-order valence-electron chi connectivity index (χ1n) is 21.8. The lowest BCUT2D eigenvalue weighted by molar-refractivity contribution is -0.154. The highest BCUT2D eigenvalue weighted by Crippen LogP contribution is 2.43. The van der Waals surface area contributed by atoms with Gasteiger partial charge in [-0.15, -0.1) is 0 Å². The Morgan fingerprint density at radius 1 is 0.566 bits per heavy atom. The lowest BCUT2D eigenvalue weighted by atomic mass is 10.1. The van der Waals surface area contributed by atoms with Crippen molar-refractivity contribution in [1.82, 2.24) is 0 Å². The number of phosphoric ester groups is 1. The van der Waals surface area contributed by atoms with Crippen LogP contribution in [0.4, 0.5) is 0 Å². The first kappa shape index (κ1) is 51.9. The molecule has 0 spiro atoms. The monoisotopic (exact) mass is 775 g/mol. The Labute approximate surface area is 325 Å². The molecule has 0 radical (unpaired) electrons. The number of ether oxygens (including phenoxy) is 2. The summed E-state index contributed by atoms with van der Waals surface area (Å²) in [6.45, 7) is 3.50. The quantitative estimate of drug-likeness (QED) is 0.0240. The van der Waals surface area contributed by atoms with Gasteiger partial charge in [0, 0.05) is 13.0 Å². The third-order valence-corrected chi connectivity index (χ3v) is 10.3. The Hall–Kier alpha value is -1.06. The standard InChI is InChI=1S/C43H83O9P/c1-3-5-7-9-11-13-15-17-19-21-23-25-27-29-31-33-35-43(46)52-42(40-51-53(47,48)50-38-41(45)37-44)39-49-36-34-32-30-28-26-24-22-20-18-16-14-12-10-8-6-4-2/h18-21,41-42,44-45H,3-17,22-40H2,1-2H3,(H,47,48)/b20-18-,21-19-. The van der Waals surface area contributed by atoms with Crippen LogP contribution in [0, 0.1) is 0 Å². The number of aliphatic hydroxyl groups excluding tert-OH is 2. The van der Waals surface area contributed by atoms with Crippen molar-refractivity contribution in [2.24, 2.45) is 0 Å². The molecule has 314 valence electrons. The van der Waals surface area contributed by atoms with Gasteiger partial charge in [-0.05, 0) is 64.2 Å². The van der Waals surface area contributed by atoms with Crippen molar-refractivity contribution in [1.29, 1.82) is 0 Å². The predicted octanol–water partition coefficient (Wildman–Crippen LogP) is 11.9. The summed E-state index contributed by atoms with van der Waals surface area (Å²) in [4.78, 5) is 22.6. The topological polar surface area (TPSA) is 132 Å². The Morgan fingerprint density at radius 2 is 0.962 bits per heavy atom. The molecule has 0 fully saturated rings. The summed E-state index contributed by atoms with van der Waals surface area (Å²) >= 11 is 0. The highest BCUT2D eigenvalue weighted by Gasteiger charge is 2.26. The molecular formula is C43H83O9P. The third-order valence-electron chi connectivity index (χ3n) is 9.36. The van der Waals surface area contributed by atoms with Gasteiger partial charge < -0.3 is 24.6 Å². The van der Waals surface area contributed by atoms with Gasteiger partial charge in [0.2, 0.25) is 0 Å². The van der Waals surface area contributed by atoms with Gasteiger partial charge in [-0.2, -0.15) is 0 Å². The fourth-order valence-corrected chi connectivity index (χ4v) is 6.78. The molecule has 3 N–H and O–H groups in total. The Bertz CT molecular complexity index is 882. The summed E-state index contributed by atoms with van der Waals surface area (Å²) in [5.41, 5.74) is 0. The molecule has 0 aliphatic heterocycles. The summed E-state index contributed by atoms with van der Waals surface area (Å²) < 4.78 is 33.3. The van der Waals surface area contributed by atoms with Gasteiger partial charge in [-0.25, -0.2) is 4.57 Å². The van der Waals surface area contributed by atoms with Gasteiger partial charge in [0.15, 0.2) is 0 Å². The fraction of sp³-hybridized carbons (Fsp3) is 0.884. The zero-order valence-electron chi connectivity index (χ0n) is 34.2. The number of aliphatic hydroxyl groups is 2. The average Bonchev–Trinajstić information content (AvgIpc) is 3.15. The van der Waals surface area contributed by atoms with Crippen molar-refractivity contribution in [3.63, 3.8) is 0 Å². The van der Waals surface area contributed by atoms with E-state index in [2.05, 4.69) is 38.2 Å². The fourth-order valence-electron chi connectivity index (χ4n) is 5.99. The van der Waals surface area contributed by atoms with E-state index in [0.29, 0.717) is 6.61 Å². The zero-order valence-corrected chi connectivity index (χ0v) is 35.1. The Balaban J connectivity index is 4.18. The average molecular weight is 775 g/mol. The molecular weight excluding hydrogens is 691 g/mol. The van der Waals surface area contributed by atoms with Crippen LogP contribution in [-0.4, -0.2) is 66.3 Å². The van der Waals surface area contributed by atoms with Crippen molar-refractivity contribution in [3.8, 4) is 0 Å². The van der Waals surface area contributed by atoms with Crippen LogP contribution in [-0.2, 0) is 27.9 Å². The van der Waals surface area contributed by atoms with Crippen LogP contribution in [0.15, 0.2) is 24.3 Å². The zero-order chi connectivity index (χ0) is 38.9. The van der Waals surface area contributed by atoms with Crippen LogP contribution in [0.3, 0.4) is 0 Å². The third kappa shape index (κ3) is 40.4. The molecule has 0 amide bonds. The van der Waals surface area contributed by atoms with Gasteiger partial charge in [-0.1, -0.05) is 154 Å². The van der Waals surface area contributed by atoms with Crippen molar-refractivity contribution >= 4 is 13.8 Å². The van der Waals surface area contributed by atoms with E-state index in [0.717, 1.165) is 64.2 Å². The van der Waals surface area contributed by atoms with Gasteiger partial charge in [0.25, 0.3) is 0 Å². The van der Waals surface area contributed by atoms with Crippen molar-refractivity contribution < 1.29 is 43.0 Å². The van der Waals surface area contributed by atoms with Crippen molar-refractivity contribution in [2.75, 3.05) is 33.0 Å². The molecule has 0 aromatic carbocycles. The normalized spacial score (nSPS) is 14.3. The van der Waals surface area contributed by atoms with Gasteiger partial charge in [0.05, 0.1) is 26.4 Å². The first-order chi connectivity index (χ1) is 25.8. The summed E-state index contributed by atoms with van der Waals surface area (Å²) in [6, 6.07) is 0. The van der Waals surface area contributed by atoms with E-state index in [-0.39, 0.29) is 19.6 Å². The number of unbranched alkanes of at least 4 members (excludes halogenated alkanes) is 24. The number of hydrogen-bond acceptors (Lipinski definition) is 8. The second-order valence-corrected chi connectivity index (χ2v) is 16.2. The maximum Gasteiger partial charge on any atom is 0.472 e. The molecule has 0 aliphatic carbocycles. The highest BCUT2D eigenvalue weighted by molar-refractivity contribution is 7.47. The largest absolute Gasteiger partial charge is 0.472 e. The number of allylic oxidation sites excluding steroid dienone is 4. The van der Waals surface area contributed by atoms with Crippen LogP contribution >= 0.6 is 7.82 Å². The van der Waals surface area contributed by atoms with Gasteiger partial charge in [0.1, 0.15) is 12.2 Å². The molecule has 0 bridgehead atoms. The number of rotatable bonds is 42. The van der Waals surface area contributed by atoms with Gasteiger partial charge >= 0.3 is 13.8 Å². The number of hydrogen-bond donors (Lipinski definition) is 3. The molecule has 9 nitrogen and oxygen atoms in total. The molecule has 0 saturated carbocycles. The Morgan fingerprint density at radius 3 is 1.42 bits per heavy atom. The van der Waals surface area contributed by atoms with Crippen LogP contribution in [0.1, 0.15) is 200 Å². The molecule has 3 unspecified atom stereocenters. The molecule has 0 aromatic rings. The minimum absolute atomic E-state index is 0.0442. The Kier molecular flexibility index (Phi) is 39.8. The summed E-state index contributed by atoms with van der Waals surface area (Å²) in [6.07, 6.45) is 41.3. The number of carbonyl (C=O) groups is 1. The maximum absolute atomic E-state index is 12.6. The molecule has 0 heterocycles. The van der Waals surface area contributed by atoms with Crippen molar-refractivity contribution in [3.05, 3.63) is 24.3 Å². The first-order valence-corrected chi connectivity index (χ1v) is 23.3. The smallest absolute Gasteiger partial charge is 0.457 e. The SMILES string of the molecule is CCCCCCCC/C=C\CCCCCCCCOCC(COP(=O)(O)OCC(O)CO)OC(=O)CCCCCCC/C=C\CCCCCCCCC. The van der Waals surface area contributed by atoms with E-state index in [1.807, 2.05) is 0 Å². The molecule has 0 aromatic heterocycles. The second kappa shape index (κ2) is 40.6. The number of esters is 1. The van der Waals surface area contributed by atoms with Gasteiger partial charge in [-0.3, -0.25) is 13.8 Å². The lowest BCUT2D eigenvalue weighted by Gasteiger charge is -2.20. The van der Waals surface area contributed by atoms with E-state index >= 15 is 0 Å². The maximum atomic E-state index is 12.6. The van der Waals surface area contributed by atoms with E-state index in [4.69, 9.17) is 23.6 Å². The molecule has 10 heteroatoms. The highest BCUT2D eigenvalue weighted by atomic mass is 31.2. The molecule has 0 saturated heterocycles. The van der Waals surface area contributed by atoms with Crippen molar-refractivity contribution in [2.45, 2.75) is 212 Å². The molecule has 53 heavy (non-hydrogen) atoms. The van der Waals surface area contributed by atoms with Crippen LogP contribution in [0.2, 0.25) is 0 Å². The van der Waals surface area contributed by atoms with Crippen LogP contribution < -0.4 is 0 Å². The predicted molar refractivity (Wildman–Crippen MR) is 219 cm³/mol. The number of carbonyl (C=O) groups excluding carboxylic acids is 1. The molecule has 0 aliphatic rings. The minimum Gasteiger partial charge on any atom is -0.457 e. The minimum atomic E-state index is -4.52. The lowest BCUT2D eigenvalue weighted by Crippen LogP contribution is -2.29. The van der Waals surface area contributed by atoms with E-state index in [1.165, 1.54) is 116 Å². The summed E-state index contributed by atoms with van der Waals surface area (Å²) in [5.74, 6) is -0.392. The van der Waals surface area contributed by atoms with E-state index in [9.17, 15) is 19.4 Å². The summed E-state index contributed by atoms with van der Waals surface area (Å²) in [7, 11) is -4.52. The van der Waals surface area contributed by atoms with Crippen LogP contribution in [0.25, 0.3) is 0 Å². The van der Waals surface area contributed by atoms with E-state index in [1.54, 1.807) is 0 Å². The van der Waals surface area contributed by atoms with Crippen LogP contribution in [0.5, 0.6) is 0 Å². The van der Waals surface area contributed by atoms with E-state index < -0.39 is 39.2 Å². The molecule has 0 rings (SSSR count).